The number of hydrogen-bond donors (Lipinski definition) is 3. The number of hydrazine groups is 1. The maximum Gasteiger partial charge on any atom is 0.275 e. The molecule has 1 aromatic carbocycles. The van der Waals surface area contributed by atoms with Crippen molar-refractivity contribution in [2.24, 2.45) is 0 Å². The average molecular weight is 367 g/mol. The zero-order valence-corrected chi connectivity index (χ0v) is 14.0. The normalized spacial score (nSPS) is 10.4. The summed E-state index contributed by atoms with van der Waals surface area (Å²) in [6, 6.07) is 8.19. The molecule has 10 nitrogen and oxygen atoms in total. The first-order chi connectivity index (χ1) is 12.9. The van der Waals surface area contributed by atoms with E-state index >= 15 is 0 Å². The molecule has 3 N–H and O–H groups in total. The SMILES string of the molecule is Cc1ccc2c(=O)c(C(=O)NNC(=O)c3cccc([N+](=O)[O-])c3)c[nH]c2n1. The number of nitro groups is 1. The van der Waals surface area contributed by atoms with Gasteiger partial charge < -0.3 is 4.98 Å². The highest BCUT2D eigenvalue weighted by molar-refractivity contribution is 6.00. The first-order valence-corrected chi connectivity index (χ1v) is 7.71. The number of hydrogen-bond acceptors (Lipinski definition) is 6. The molecule has 0 fully saturated rings. The number of fused-ring (bicyclic) bond motifs is 1. The smallest absolute Gasteiger partial charge is 0.275 e. The van der Waals surface area contributed by atoms with E-state index in [9.17, 15) is 24.5 Å². The number of aromatic nitrogens is 2. The van der Waals surface area contributed by atoms with Gasteiger partial charge in [-0.2, -0.15) is 0 Å². The Hall–Kier alpha value is -4.08. The third-order valence-electron chi connectivity index (χ3n) is 3.73. The van der Waals surface area contributed by atoms with Crippen LogP contribution in [0.4, 0.5) is 5.69 Å². The summed E-state index contributed by atoms with van der Waals surface area (Å²) >= 11 is 0. The van der Waals surface area contributed by atoms with Gasteiger partial charge in [0.05, 0.1) is 10.3 Å². The number of pyridine rings is 2. The summed E-state index contributed by atoms with van der Waals surface area (Å²) in [7, 11) is 0. The van der Waals surface area contributed by atoms with Gasteiger partial charge in [0.25, 0.3) is 17.5 Å². The van der Waals surface area contributed by atoms with Crippen LogP contribution in [-0.2, 0) is 0 Å². The third kappa shape index (κ3) is 3.63. The van der Waals surface area contributed by atoms with Crippen molar-refractivity contribution in [3.05, 3.63) is 79.8 Å². The Morgan fingerprint density at radius 2 is 1.89 bits per heavy atom. The molecule has 0 saturated carbocycles. The van der Waals surface area contributed by atoms with Crippen molar-refractivity contribution in [3.63, 3.8) is 0 Å². The Labute approximate surface area is 151 Å². The van der Waals surface area contributed by atoms with Crippen LogP contribution in [0.2, 0.25) is 0 Å². The van der Waals surface area contributed by atoms with Gasteiger partial charge in [0.1, 0.15) is 11.2 Å². The van der Waals surface area contributed by atoms with E-state index in [1.54, 1.807) is 19.1 Å². The number of carbonyl (C=O) groups excluding carboxylic acids is 2. The molecule has 0 saturated heterocycles. The van der Waals surface area contributed by atoms with Gasteiger partial charge >= 0.3 is 0 Å². The number of H-pyrrole nitrogens is 1. The van der Waals surface area contributed by atoms with Crippen LogP contribution in [0.25, 0.3) is 11.0 Å². The van der Waals surface area contributed by atoms with E-state index in [0.29, 0.717) is 11.3 Å². The number of carbonyl (C=O) groups is 2. The van der Waals surface area contributed by atoms with Gasteiger partial charge in [0.2, 0.25) is 5.43 Å². The second-order valence-electron chi connectivity index (χ2n) is 5.60. The van der Waals surface area contributed by atoms with E-state index in [-0.39, 0.29) is 22.2 Å². The molecule has 2 amide bonds. The minimum Gasteiger partial charge on any atom is -0.345 e. The first-order valence-electron chi connectivity index (χ1n) is 7.71. The molecule has 0 aliphatic heterocycles. The van der Waals surface area contributed by atoms with Gasteiger partial charge in [-0.15, -0.1) is 0 Å². The Morgan fingerprint density at radius 1 is 1.15 bits per heavy atom. The van der Waals surface area contributed by atoms with E-state index < -0.39 is 22.2 Å². The van der Waals surface area contributed by atoms with Crippen molar-refractivity contribution >= 4 is 28.5 Å². The highest BCUT2D eigenvalue weighted by atomic mass is 16.6. The van der Waals surface area contributed by atoms with Crippen molar-refractivity contribution < 1.29 is 14.5 Å². The summed E-state index contributed by atoms with van der Waals surface area (Å²) in [6.07, 6.45) is 1.20. The zero-order chi connectivity index (χ0) is 19.6. The summed E-state index contributed by atoms with van der Waals surface area (Å²) in [6.45, 7) is 1.77. The second-order valence-corrected chi connectivity index (χ2v) is 5.60. The van der Waals surface area contributed by atoms with Crippen molar-refractivity contribution in [1.29, 1.82) is 0 Å². The number of amides is 2. The molecule has 0 bridgehead atoms. The fourth-order valence-corrected chi connectivity index (χ4v) is 2.38. The molecule has 0 aliphatic carbocycles. The Balaban J connectivity index is 1.77. The maximum atomic E-state index is 12.4. The molecule has 2 heterocycles. The third-order valence-corrected chi connectivity index (χ3v) is 3.73. The molecular weight excluding hydrogens is 354 g/mol. The standard InChI is InChI=1S/C17H13N5O5/c1-9-5-6-12-14(23)13(8-18-15(12)19-9)17(25)21-20-16(24)10-3-2-4-11(7-10)22(26)27/h2-8H,1H3,(H,20,24)(H,21,25)(H,18,19,23). The molecule has 3 rings (SSSR count). The number of benzene rings is 1. The maximum absolute atomic E-state index is 12.4. The number of rotatable bonds is 3. The van der Waals surface area contributed by atoms with Crippen molar-refractivity contribution in [2.75, 3.05) is 0 Å². The van der Waals surface area contributed by atoms with Crippen LogP contribution in [-0.4, -0.2) is 26.7 Å². The Morgan fingerprint density at radius 3 is 2.63 bits per heavy atom. The number of nitrogens with one attached hydrogen (secondary N) is 3. The lowest BCUT2D eigenvalue weighted by Gasteiger charge is -2.08. The number of nitro benzene ring substituents is 1. The molecule has 27 heavy (non-hydrogen) atoms. The van der Waals surface area contributed by atoms with Gasteiger partial charge in [-0.05, 0) is 25.1 Å². The van der Waals surface area contributed by atoms with Crippen LogP contribution in [0.5, 0.6) is 0 Å². The lowest BCUT2D eigenvalue weighted by atomic mass is 10.2. The van der Waals surface area contributed by atoms with Crippen molar-refractivity contribution in [1.82, 2.24) is 20.8 Å². The average Bonchev–Trinajstić information content (AvgIpc) is 2.66. The molecule has 10 heteroatoms. The summed E-state index contributed by atoms with van der Waals surface area (Å²) in [5.74, 6) is -1.60. The van der Waals surface area contributed by atoms with Gasteiger partial charge in [0.15, 0.2) is 0 Å². The largest absolute Gasteiger partial charge is 0.345 e. The molecule has 136 valence electrons. The number of aryl methyl sites for hydroxylation is 1. The molecule has 0 spiro atoms. The number of aromatic amines is 1. The van der Waals surface area contributed by atoms with Gasteiger partial charge in [-0.1, -0.05) is 6.07 Å². The fraction of sp³-hybridized carbons (Fsp3) is 0.0588. The fourth-order valence-electron chi connectivity index (χ4n) is 2.38. The summed E-state index contributed by atoms with van der Waals surface area (Å²) < 4.78 is 0. The van der Waals surface area contributed by atoms with Crippen LogP contribution < -0.4 is 16.3 Å². The topological polar surface area (TPSA) is 147 Å². The first kappa shape index (κ1) is 17.7. The van der Waals surface area contributed by atoms with Crippen LogP contribution in [0, 0.1) is 17.0 Å². The highest BCUT2D eigenvalue weighted by Crippen LogP contribution is 2.12. The predicted octanol–water partition coefficient (Wildman–Crippen LogP) is 1.21. The summed E-state index contributed by atoms with van der Waals surface area (Å²) in [4.78, 5) is 53.7. The predicted molar refractivity (Wildman–Crippen MR) is 95.1 cm³/mol. The monoisotopic (exact) mass is 367 g/mol. The van der Waals surface area contributed by atoms with E-state index in [2.05, 4.69) is 20.8 Å². The van der Waals surface area contributed by atoms with Crippen molar-refractivity contribution in [3.8, 4) is 0 Å². The van der Waals surface area contributed by atoms with Crippen LogP contribution in [0.15, 0.2) is 47.4 Å². The van der Waals surface area contributed by atoms with Crippen LogP contribution in [0.1, 0.15) is 26.4 Å². The van der Waals surface area contributed by atoms with E-state index in [1.807, 2.05) is 0 Å². The molecular formula is C17H13N5O5. The van der Waals surface area contributed by atoms with Crippen LogP contribution in [0.3, 0.4) is 0 Å². The summed E-state index contributed by atoms with van der Waals surface area (Å²) in [5, 5.41) is 11.0. The molecule has 0 unspecified atom stereocenters. The van der Waals surface area contributed by atoms with E-state index in [4.69, 9.17) is 0 Å². The summed E-state index contributed by atoms with van der Waals surface area (Å²) in [5.41, 5.74) is 4.25. The lowest BCUT2D eigenvalue weighted by Crippen LogP contribution is -2.43. The van der Waals surface area contributed by atoms with Crippen molar-refractivity contribution in [2.45, 2.75) is 6.92 Å². The quantitative estimate of drug-likeness (QED) is 0.468. The second kappa shape index (κ2) is 7.04. The minimum absolute atomic E-state index is 0.0170. The molecule has 0 aliphatic rings. The number of non-ortho nitro benzene ring substituents is 1. The minimum atomic E-state index is -0.836. The van der Waals surface area contributed by atoms with Crippen LogP contribution >= 0.6 is 0 Å². The van der Waals surface area contributed by atoms with E-state index in [1.165, 1.54) is 24.4 Å². The highest BCUT2D eigenvalue weighted by Gasteiger charge is 2.16. The number of nitrogens with zero attached hydrogens (tertiary/aromatic N) is 2. The molecule has 3 aromatic rings. The molecule has 0 atom stereocenters. The van der Waals surface area contributed by atoms with Gasteiger partial charge in [0, 0.05) is 29.6 Å². The zero-order valence-electron chi connectivity index (χ0n) is 14.0. The Kier molecular flexibility index (Phi) is 4.62. The lowest BCUT2D eigenvalue weighted by molar-refractivity contribution is -0.384. The molecule has 2 aromatic heterocycles. The van der Waals surface area contributed by atoms with Gasteiger partial charge in [-0.3, -0.25) is 35.3 Å². The van der Waals surface area contributed by atoms with Gasteiger partial charge in [-0.25, -0.2) is 4.98 Å². The molecule has 0 radical (unpaired) electrons. The Bertz CT molecular complexity index is 1140. The van der Waals surface area contributed by atoms with E-state index in [0.717, 1.165) is 6.07 Å².